The van der Waals surface area contributed by atoms with Crippen molar-refractivity contribution >= 4 is 21.6 Å². The Kier molecular flexibility index (Phi) is 4.23. The summed E-state index contributed by atoms with van der Waals surface area (Å²) in [5.41, 5.74) is 0.510. The second-order valence-electron chi connectivity index (χ2n) is 6.29. The molecule has 0 bridgehead atoms. The lowest BCUT2D eigenvalue weighted by Crippen LogP contribution is -2.22. The fourth-order valence-corrected chi connectivity index (χ4v) is 3.41. The molecule has 3 rings (SSSR count). The number of nitrogens with zero attached hydrogens (tertiary/aromatic N) is 1. The summed E-state index contributed by atoms with van der Waals surface area (Å²) in [6.45, 7) is 2.15. The summed E-state index contributed by atoms with van der Waals surface area (Å²) in [7, 11) is -0.532. The van der Waals surface area contributed by atoms with Crippen molar-refractivity contribution in [2.45, 2.75) is 24.2 Å². The average molecular weight is 348 g/mol. The van der Waals surface area contributed by atoms with Gasteiger partial charge in [-0.25, -0.2) is 12.7 Å². The maximum atomic E-state index is 12.2. The van der Waals surface area contributed by atoms with E-state index >= 15 is 0 Å². The molecule has 1 aromatic heterocycles. The Bertz CT molecular complexity index is 853. The molecule has 7 heteroatoms. The van der Waals surface area contributed by atoms with E-state index in [1.165, 1.54) is 26.2 Å². The van der Waals surface area contributed by atoms with Crippen LogP contribution in [-0.4, -0.2) is 32.7 Å². The van der Waals surface area contributed by atoms with Crippen molar-refractivity contribution in [3.05, 3.63) is 47.9 Å². The first-order chi connectivity index (χ1) is 11.3. The normalized spacial score (nSPS) is 20.2. The highest BCUT2D eigenvalue weighted by Gasteiger charge is 2.37. The summed E-state index contributed by atoms with van der Waals surface area (Å²) in [6.07, 6.45) is 1.09. The molecule has 1 N–H and O–H groups in total. The van der Waals surface area contributed by atoms with Gasteiger partial charge in [0.25, 0.3) is 5.91 Å². The molecule has 1 fully saturated rings. The Morgan fingerprint density at radius 2 is 1.79 bits per heavy atom. The molecule has 1 amide bonds. The number of rotatable bonds is 5. The molecular formula is C17H20N2O4S. The molecule has 6 nitrogen and oxygen atoms in total. The molecule has 0 saturated heterocycles. The van der Waals surface area contributed by atoms with Gasteiger partial charge in [-0.1, -0.05) is 6.92 Å². The van der Waals surface area contributed by atoms with Gasteiger partial charge in [-0.05, 0) is 48.7 Å². The van der Waals surface area contributed by atoms with Gasteiger partial charge >= 0.3 is 0 Å². The Morgan fingerprint density at radius 1 is 1.17 bits per heavy atom. The molecule has 2 aromatic rings. The molecule has 0 spiro atoms. The van der Waals surface area contributed by atoms with Crippen LogP contribution < -0.4 is 5.32 Å². The quantitative estimate of drug-likeness (QED) is 0.901. The number of benzene rings is 1. The Hall–Kier alpha value is -2.12. The zero-order valence-corrected chi connectivity index (χ0v) is 14.6. The van der Waals surface area contributed by atoms with Crippen molar-refractivity contribution in [2.75, 3.05) is 19.4 Å². The van der Waals surface area contributed by atoms with Gasteiger partial charge in [-0.15, -0.1) is 0 Å². The van der Waals surface area contributed by atoms with Crippen molar-refractivity contribution in [3.8, 4) is 0 Å². The summed E-state index contributed by atoms with van der Waals surface area (Å²) in [5, 5.41) is 2.71. The molecule has 0 aliphatic heterocycles. The summed E-state index contributed by atoms with van der Waals surface area (Å²) in [4.78, 5) is 12.4. The van der Waals surface area contributed by atoms with Gasteiger partial charge in [0, 0.05) is 25.7 Å². The predicted molar refractivity (Wildman–Crippen MR) is 90.5 cm³/mol. The standard InChI is InChI=1S/C17H20N2O4S/c1-11-10-14(11)15-8-9-16(23-15)17(20)18-12-4-6-13(7-5-12)24(21,22)19(2)3/h4-9,11,14H,10H2,1-3H3,(H,18,20)/t11-,14+/m1/s1. The zero-order chi connectivity index (χ0) is 17.5. The largest absolute Gasteiger partial charge is 0.456 e. The number of anilines is 1. The zero-order valence-electron chi connectivity index (χ0n) is 13.8. The van der Waals surface area contributed by atoms with Crippen molar-refractivity contribution in [2.24, 2.45) is 5.92 Å². The fraction of sp³-hybridized carbons (Fsp3) is 0.353. The first kappa shape index (κ1) is 16.7. The third-order valence-corrected chi connectivity index (χ3v) is 6.05. The number of hydrogen-bond acceptors (Lipinski definition) is 4. The van der Waals surface area contributed by atoms with Crippen molar-refractivity contribution in [1.82, 2.24) is 4.31 Å². The first-order valence-electron chi connectivity index (χ1n) is 7.72. The molecule has 0 radical (unpaired) electrons. The van der Waals surface area contributed by atoms with Gasteiger partial charge in [-0.2, -0.15) is 0 Å². The van der Waals surface area contributed by atoms with E-state index in [1.54, 1.807) is 18.2 Å². The van der Waals surface area contributed by atoms with Crippen LogP contribution >= 0.6 is 0 Å². The summed E-state index contributed by atoms with van der Waals surface area (Å²) in [6, 6.07) is 9.55. The Balaban J connectivity index is 1.70. The topological polar surface area (TPSA) is 79.6 Å². The summed E-state index contributed by atoms with van der Waals surface area (Å²) < 4.78 is 30.8. The SMILES string of the molecule is C[C@@H]1C[C@@H]1c1ccc(C(=O)Nc2ccc(S(=O)(=O)N(C)C)cc2)o1. The van der Waals surface area contributed by atoms with E-state index in [0.717, 1.165) is 16.5 Å². The maximum absolute atomic E-state index is 12.2. The Labute approximate surface area is 141 Å². The van der Waals surface area contributed by atoms with E-state index in [4.69, 9.17) is 4.42 Å². The van der Waals surface area contributed by atoms with E-state index in [9.17, 15) is 13.2 Å². The minimum atomic E-state index is -3.48. The monoisotopic (exact) mass is 348 g/mol. The van der Waals surface area contributed by atoms with Crippen LogP contribution in [0.5, 0.6) is 0 Å². The van der Waals surface area contributed by atoms with E-state index < -0.39 is 10.0 Å². The average Bonchev–Trinajstić information content (AvgIpc) is 3.07. The Morgan fingerprint density at radius 3 is 2.33 bits per heavy atom. The molecule has 1 aliphatic rings. The second-order valence-corrected chi connectivity index (χ2v) is 8.44. The molecule has 0 unspecified atom stereocenters. The fourth-order valence-electron chi connectivity index (χ4n) is 2.51. The molecular weight excluding hydrogens is 328 g/mol. The smallest absolute Gasteiger partial charge is 0.291 e. The summed E-state index contributed by atoms with van der Waals surface area (Å²) in [5.74, 6) is 1.78. The maximum Gasteiger partial charge on any atom is 0.291 e. The van der Waals surface area contributed by atoms with Crippen LogP contribution in [0.1, 0.15) is 35.6 Å². The highest BCUT2D eigenvalue weighted by Crippen LogP contribution is 2.47. The van der Waals surface area contributed by atoms with Gasteiger partial charge < -0.3 is 9.73 Å². The minimum absolute atomic E-state index is 0.175. The number of hydrogen-bond donors (Lipinski definition) is 1. The lowest BCUT2D eigenvalue weighted by molar-refractivity contribution is 0.0995. The van der Waals surface area contributed by atoms with E-state index in [-0.39, 0.29) is 16.6 Å². The van der Waals surface area contributed by atoms with Crippen molar-refractivity contribution in [3.63, 3.8) is 0 Å². The van der Waals surface area contributed by atoms with Crippen LogP contribution in [-0.2, 0) is 10.0 Å². The third-order valence-electron chi connectivity index (χ3n) is 4.22. The van der Waals surface area contributed by atoms with Crippen molar-refractivity contribution in [1.29, 1.82) is 0 Å². The van der Waals surface area contributed by atoms with Gasteiger partial charge in [0.05, 0.1) is 4.90 Å². The van der Waals surface area contributed by atoms with Crippen LogP contribution in [0.2, 0.25) is 0 Å². The van der Waals surface area contributed by atoms with Gasteiger partial charge in [-0.3, -0.25) is 4.79 Å². The number of sulfonamides is 1. The second kappa shape index (κ2) is 6.07. The summed E-state index contributed by atoms with van der Waals surface area (Å²) >= 11 is 0. The number of carbonyl (C=O) groups is 1. The van der Waals surface area contributed by atoms with Gasteiger partial charge in [0.15, 0.2) is 5.76 Å². The minimum Gasteiger partial charge on any atom is -0.456 e. The first-order valence-corrected chi connectivity index (χ1v) is 9.16. The number of furan rings is 1. The molecule has 2 atom stereocenters. The highest BCUT2D eigenvalue weighted by atomic mass is 32.2. The molecule has 1 heterocycles. The molecule has 128 valence electrons. The highest BCUT2D eigenvalue weighted by molar-refractivity contribution is 7.89. The molecule has 1 aromatic carbocycles. The molecule has 1 aliphatic carbocycles. The number of carbonyl (C=O) groups excluding carboxylic acids is 1. The number of nitrogens with one attached hydrogen (secondary N) is 1. The van der Waals surface area contributed by atoms with Crippen LogP contribution in [0.3, 0.4) is 0 Å². The van der Waals surface area contributed by atoms with Gasteiger partial charge in [0.2, 0.25) is 10.0 Å². The van der Waals surface area contributed by atoms with E-state index in [1.807, 2.05) is 6.07 Å². The van der Waals surface area contributed by atoms with Crippen LogP contribution in [0.4, 0.5) is 5.69 Å². The lowest BCUT2D eigenvalue weighted by atomic mass is 10.3. The van der Waals surface area contributed by atoms with E-state index in [2.05, 4.69) is 12.2 Å². The van der Waals surface area contributed by atoms with Crippen LogP contribution in [0.15, 0.2) is 45.7 Å². The predicted octanol–water partition coefficient (Wildman–Crippen LogP) is 2.91. The van der Waals surface area contributed by atoms with Crippen LogP contribution in [0, 0.1) is 5.92 Å². The molecule has 1 saturated carbocycles. The van der Waals surface area contributed by atoms with Gasteiger partial charge in [0.1, 0.15) is 5.76 Å². The van der Waals surface area contributed by atoms with Crippen molar-refractivity contribution < 1.29 is 17.6 Å². The third kappa shape index (κ3) is 3.22. The lowest BCUT2D eigenvalue weighted by Gasteiger charge is -2.11. The molecule has 24 heavy (non-hydrogen) atoms. The van der Waals surface area contributed by atoms with Crippen LogP contribution in [0.25, 0.3) is 0 Å². The number of amides is 1. The van der Waals surface area contributed by atoms with E-state index in [0.29, 0.717) is 17.5 Å².